The average Bonchev–Trinajstić information content (AvgIpc) is 2.60. The molecule has 130 valence electrons. The van der Waals surface area contributed by atoms with E-state index in [2.05, 4.69) is 5.10 Å². The normalized spacial score (nSPS) is 11.1. The van der Waals surface area contributed by atoms with Crippen LogP contribution in [0.5, 0.6) is 0 Å². The van der Waals surface area contributed by atoms with E-state index in [4.69, 9.17) is 0 Å². The lowest BCUT2D eigenvalue weighted by molar-refractivity contribution is -0.129. The highest BCUT2D eigenvalue weighted by atomic mass is 16.2. The highest BCUT2D eigenvalue weighted by Gasteiger charge is 2.26. The Morgan fingerprint density at radius 2 is 1.40 bits per heavy atom. The van der Waals surface area contributed by atoms with Crippen molar-refractivity contribution < 1.29 is 4.79 Å². The van der Waals surface area contributed by atoms with Crippen molar-refractivity contribution in [1.82, 2.24) is 5.01 Å². The smallest absolute Gasteiger partial charge is 0.258 e. The first-order chi connectivity index (χ1) is 12.0. The van der Waals surface area contributed by atoms with Crippen molar-refractivity contribution in [2.75, 3.05) is 0 Å². The third-order valence-corrected chi connectivity index (χ3v) is 3.61. The number of nitrogens with zero attached hydrogens (tertiary/aromatic N) is 2. The Morgan fingerprint density at radius 1 is 0.920 bits per heavy atom. The van der Waals surface area contributed by atoms with Gasteiger partial charge in [0.05, 0.1) is 5.92 Å². The molecule has 0 fully saturated rings. The summed E-state index contributed by atoms with van der Waals surface area (Å²) < 4.78 is 0. The molecule has 0 saturated carbocycles. The lowest BCUT2D eigenvalue weighted by Gasteiger charge is -2.22. The molecule has 0 N–H and O–H groups in total. The summed E-state index contributed by atoms with van der Waals surface area (Å²) in [6.07, 6.45) is 3.59. The summed E-state index contributed by atoms with van der Waals surface area (Å²) in [5, 5.41) is 5.89. The van der Waals surface area contributed by atoms with Crippen LogP contribution in [0.2, 0.25) is 0 Å². The predicted octanol–water partition coefficient (Wildman–Crippen LogP) is 5.21. The third kappa shape index (κ3) is 5.42. The number of carbonyl (C=O) groups is 1. The van der Waals surface area contributed by atoms with Gasteiger partial charge in [0.25, 0.3) is 5.91 Å². The fraction of sp³-hybridized carbons (Fsp3) is 0.273. The Kier molecular flexibility index (Phi) is 6.70. The molecular weight excluding hydrogens is 308 g/mol. The van der Waals surface area contributed by atoms with Crippen molar-refractivity contribution in [2.24, 2.45) is 11.0 Å². The van der Waals surface area contributed by atoms with Crippen molar-refractivity contribution >= 4 is 12.1 Å². The maximum absolute atomic E-state index is 13.4. The lowest BCUT2D eigenvalue weighted by atomic mass is 9.90. The van der Waals surface area contributed by atoms with E-state index in [0.29, 0.717) is 0 Å². The molecule has 0 aliphatic rings. The molecule has 2 aromatic rings. The summed E-state index contributed by atoms with van der Waals surface area (Å²) in [5.74, 6) is -0.175. The number of amides is 1. The summed E-state index contributed by atoms with van der Waals surface area (Å²) in [6, 6.07) is 19.7. The van der Waals surface area contributed by atoms with Gasteiger partial charge in [0.1, 0.15) is 0 Å². The van der Waals surface area contributed by atoms with E-state index >= 15 is 0 Å². The van der Waals surface area contributed by atoms with Crippen molar-refractivity contribution in [3.63, 3.8) is 0 Å². The maximum Gasteiger partial charge on any atom is 0.258 e. The first kappa shape index (κ1) is 18.7. The highest BCUT2D eigenvalue weighted by Crippen LogP contribution is 2.27. The van der Waals surface area contributed by atoms with Crippen molar-refractivity contribution in [3.8, 4) is 0 Å². The number of rotatable bonds is 6. The minimum Gasteiger partial charge on any atom is -0.271 e. The van der Waals surface area contributed by atoms with Crippen molar-refractivity contribution in [1.29, 1.82) is 0 Å². The Hall–Kier alpha value is -2.68. The minimum atomic E-state index is -0.387. The fourth-order valence-electron chi connectivity index (χ4n) is 2.50. The average molecular weight is 334 g/mol. The second-order valence-electron chi connectivity index (χ2n) is 6.65. The largest absolute Gasteiger partial charge is 0.271 e. The zero-order valence-electron chi connectivity index (χ0n) is 15.4. The van der Waals surface area contributed by atoms with Crippen LogP contribution >= 0.6 is 0 Å². The van der Waals surface area contributed by atoms with Gasteiger partial charge < -0.3 is 0 Å². The molecule has 0 aliphatic carbocycles. The summed E-state index contributed by atoms with van der Waals surface area (Å²) in [5.41, 5.74) is 2.95. The molecule has 2 rings (SSSR count). The summed E-state index contributed by atoms with van der Waals surface area (Å²) in [4.78, 5) is 13.4. The quantitative estimate of drug-likeness (QED) is 0.527. The number of hydrogen-bond donors (Lipinski definition) is 0. The van der Waals surface area contributed by atoms with E-state index in [0.717, 1.165) is 16.7 Å². The van der Waals surface area contributed by atoms with Crippen LogP contribution in [-0.4, -0.2) is 17.1 Å². The van der Waals surface area contributed by atoms with Gasteiger partial charge in [-0.15, -0.1) is 0 Å². The van der Waals surface area contributed by atoms with E-state index in [-0.39, 0.29) is 17.7 Å². The van der Waals surface area contributed by atoms with E-state index in [9.17, 15) is 4.79 Å². The Morgan fingerprint density at radius 3 is 1.80 bits per heavy atom. The molecule has 25 heavy (non-hydrogen) atoms. The van der Waals surface area contributed by atoms with Crippen LogP contribution in [0, 0.1) is 5.92 Å². The number of carbonyl (C=O) groups excluding carboxylic acids is 1. The molecule has 1 amide bonds. The summed E-state index contributed by atoms with van der Waals surface area (Å²) >= 11 is 0. The van der Waals surface area contributed by atoms with Gasteiger partial charge in [-0.1, -0.05) is 80.1 Å². The second kappa shape index (κ2) is 8.97. The van der Waals surface area contributed by atoms with E-state index in [1.54, 1.807) is 12.4 Å². The van der Waals surface area contributed by atoms with Gasteiger partial charge >= 0.3 is 0 Å². The Balaban J connectivity index is 2.48. The fourth-order valence-corrected chi connectivity index (χ4v) is 2.50. The number of allylic oxidation sites excluding steroid dienone is 1. The van der Waals surface area contributed by atoms with Gasteiger partial charge in [-0.25, -0.2) is 5.01 Å². The monoisotopic (exact) mass is 334 g/mol. The number of hydrazone groups is 1. The van der Waals surface area contributed by atoms with E-state index in [1.807, 2.05) is 88.4 Å². The van der Waals surface area contributed by atoms with Crippen LogP contribution < -0.4 is 0 Å². The standard InChI is InChI=1S/C22H26N2O/c1-17(2)15-23-24(16-18(3)4)22(25)21(19-11-7-5-8-12-19)20-13-9-6-10-14-20/h5-17,21H,1-4H3/b23-15+. The van der Waals surface area contributed by atoms with Gasteiger partial charge in [-0.05, 0) is 30.9 Å². The second-order valence-corrected chi connectivity index (χ2v) is 6.65. The van der Waals surface area contributed by atoms with Crippen molar-refractivity contribution in [3.05, 3.63) is 83.6 Å². The first-order valence-electron chi connectivity index (χ1n) is 8.61. The number of hydrogen-bond acceptors (Lipinski definition) is 2. The highest BCUT2D eigenvalue weighted by molar-refractivity contribution is 5.88. The number of benzene rings is 2. The van der Waals surface area contributed by atoms with E-state index < -0.39 is 0 Å². The summed E-state index contributed by atoms with van der Waals surface area (Å²) in [6.45, 7) is 8.01. The molecule has 0 bridgehead atoms. The molecule has 3 heteroatoms. The Bertz CT molecular complexity index is 690. The third-order valence-electron chi connectivity index (χ3n) is 3.61. The van der Waals surface area contributed by atoms with Crippen LogP contribution in [0.4, 0.5) is 0 Å². The molecule has 0 aromatic heterocycles. The molecule has 0 heterocycles. The maximum atomic E-state index is 13.4. The lowest BCUT2D eigenvalue weighted by Crippen LogP contribution is -2.28. The van der Waals surface area contributed by atoms with Gasteiger partial charge in [0.15, 0.2) is 0 Å². The predicted molar refractivity (Wildman–Crippen MR) is 104 cm³/mol. The molecule has 0 spiro atoms. The van der Waals surface area contributed by atoms with Crippen LogP contribution in [-0.2, 0) is 4.79 Å². The van der Waals surface area contributed by atoms with Crippen LogP contribution in [0.3, 0.4) is 0 Å². The van der Waals surface area contributed by atoms with Gasteiger partial charge in [-0.3, -0.25) is 4.79 Å². The molecule has 0 unspecified atom stereocenters. The first-order valence-corrected chi connectivity index (χ1v) is 8.61. The molecule has 0 radical (unpaired) electrons. The topological polar surface area (TPSA) is 32.7 Å². The van der Waals surface area contributed by atoms with Crippen LogP contribution in [0.15, 0.2) is 77.5 Å². The molecule has 2 aromatic carbocycles. The minimum absolute atomic E-state index is 0.0597. The van der Waals surface area contributed by atoms with Gasteiger partial charge in [0.2, 0.25) is 0 Å². The molecule has 0 atom stereocenters. The summed E-state index contributed by atoms with van der Waals surface area (Å²) in [7, 11) is 0. The zero-order valence-corrected chi connectivity index (χ0v) is 15.4. The van der Waals surface area contributed by atoms with Gasteiger partial charge in [-0.2, -0.15) is 5.10 Å². The van der Waals surface area contributed by atoms with Crippen molar-refractivity contribution in [2.45, 2.75) is 33.6 Å². The van der Waals surface area contributed by atoms with Crippen LogP contribution in [0.1, 0.15) is 44.7 Å². The molecular formula is C22H26N2O. The van der Waals surface area contributed by atoms with Gasteiger partial charge in [0, 0.05) is 12.4 Å². The molecule has 0 saturated heterocycles. The van der Waals surface area contributed by atoms with E-state index in [1.165, 1.54) is 5.01 Å². The SMILES string of the molecule is CC(C)=CN(/N=C/C(C)C)C(=O)C(c1ccccc1)c1ccccc1. The van der Waals surface area contributed by atoms with Crippen LogP contribution in [0.25, 0.3) is 0 Å². The zero-order chi connectivity index (χ0) is 18.2. The molecule has 3 nitrogen and oxygen atoms in total. The molecule has 0 aliphatic heterocycles. The Labute approximate surface area is 150 Å².